The van der Waals surface area contributed by atoms with Crippen LogP contribution in [0.15, 0.2) is 6.07 Å². The third-order valence-corrected chi connectivity index (χ3v) is 4.15. The highest BCUT2D eigenvalue weighted by molar-refractivity contribution is 7.18. The van der Waals surface area contributed by atoms with Gasteiger partial charge in [-0.15, -0.1) is 11.3 Å². The second kappa shape index (κ2) is 6.06. The molecule has 100 valence electrons. The highest BCUT2D eigenvalue weighted by Crippen LogP contribution is 2.32. The molecule has 1 fully saturated rings. The van der Waals surface area contributed by atoms with Crippen molar-refractivity contribution in [2.75, 3.05) is 43.4 Å². The highest BCUT2D eigenvalue weighted by atomic mass is 32.1. The van der Waals surface area contributed by atoms with Crippen LogP contribution in [-0.4, -0.2) is 38.6 Å². The standard InChI is InChI=1S/C12H20N4OS/c1-2-15-12(17)11-9(13)8-10(18-11)16-6-3-4-14-5-7-16/h8,14H,2-7,13H2,1H3,(H,15,17). The Hall–Kier alpha value is -1.27. The Morgan fingerprint density at radius 3 is 3.17 bits per heavy atom. The predicted molar refractivity (Wildman–Crippen MR) is 76.4 cm³/mol. The Kier molecular flexibility index (Phi) is 4.43. The second-order valence-electron chi connectivity index (χ2n) is 4.32. The van der Waals surface area contributed by atoms with Crippen LogP contribution in [0.3, 0.4) is 0 Å². The Labute approximate surface area is 111 Å². The average molecular weight is 268 g/mol. The number of nitrogens with one attached hydrogen (secondary N) is 2. The van der Waals surface area contributed by atoms with Gasteiger partial charge in [0, 0.05) is 26.2 Å². The number of thiophene rings is 1. The second-order valence-corrected chi connectivity index (χ2v) is 5.35. The van der Waals surface area contributed by atoms with Gasteiger partial charge in [-0.25, -0.2) is 0 Å². The van der Waals surface area contributed by atoms with Gasteiger partial charge in [-0.1, -0.05) is 0 Å². The number of amides is 1. The molecule has 2 rings (SSSR count). The number of anilines is 2. The molecule has 18 heavy (non-hydrogen) atoms. The molecule has 1 aliphatic rings. The Bertz CT molecular complexity index is 410. The van der Waals surface area contributed by atoms with Gasteiger partial charge in [-0.2, -0.15) is 0 Å². The van der Waals surface area contributed by atoms with Crippen LogP contribution in [0.1, 0.15) is 23.0 Å². The van der Waals surface area contributed by atoms with E-state index in [-0.39, 0.29) is 5.91 Å². The summed E-state index contributed by atoms with van der Waals surface area (Å²) in [5.74, 6) is -0.0702. The van der Waals surface area contributed by atoms with Crippen molar-refractivity contribution in [3.8, 4) is 0 Å². The van der Waals surface area contributed by atoms with Crippen molar-refractivity contribution in [3.05, 3.63) is 10.9 Å². The van der Waals surface area contributed by atoms with Gasteiger partial charge >= 0.3 is 0 Å². The topological polar surface area (TPSA) is 70.4 Å². The first-order valence-electron chi connectivity index (χ1n) is 6.35. The van der Waals surface area contributed by atoms with Crippen molar-refractivity contribution in [2.24, 2.45) is 0 Å². The first-order valence-corrected chi connectivity index (χ1v) is 7.17. The lowest BCUT2D eigenvalue weighted by molar-refractivity contribution is 0.0960. The summed E-state index contributed by atoms with van der Waals surface area (Å²) in [5.41, 5.74) is 6.51. The quantitative estimate of drug-likeness (QED) is 0.761. The van der Waals surface area contributed by atoms with E-state index in [0.29, 0.717) is 17.1 Å². The average Bonchev–Trinajstić information content (AvgIpc) is 2.58. The van der Waals surface area contributed by atoms with Crippen LogP contribution in [0.4, 0.5) is 10.7 Å². The van der Waals surface area contributed by atoms with Crippen LogP contribution in [0.25, 0.3) is 0 Å². The molecule has 0 radical (unpaired) electrons. The Balaban J connectivity index is 2.14. The summed E-state index contributed by atoms with van der Waals surface area (Å²) in [7, 11) is 0. The monoisotopic (exact) mass is 268 g/mol. The summed E-state index contributed by atoms with van der Waals surface area (Å²) < 4.78 is 0. The molecule has 0 unspecified atom stereocenters. The van der Waals surface area contributed by atoms with Crippen molar-refractivity contribution in [2.45, 2.75) is 13.3 Å². The number of hydrogen-bond acceptors (Lipinski definition) is 5. The molecule has 1 aromatic rings. The van der Waals surface area contributed by atoms with Crippen molar-refractivity contribution in [1.82, 2.24) is 10.6 Å². The van der Waals surface area contributed by atoms with Gasteiger partial charge in [0.25, 0.3) is 5.91 Å². The number of hydrogen-bond donors (Lipinski definition) is 3. The van der Waals surface area contributed by atoms with Crippen LogP contribution in [0.2, 0.25) is 0 Å². The lowest BCUT2D eigenvalue weighted by Gasteiger charge is -2.19. The first kappa shape index (κ1) is 13.2. The molecule has 0 spiro atoms. The molecule has 6 heteroatoms. The summed E-state index contributed by atoms with van der Waals surface area (Å²) in [6.45, 7) is 6.55. The number of carbonyl (C=O) groups excluding carboxylic acids is 1. The van der Waals surface area contributed by atoms with E-state index < -0.39 is 0 Å². The van der Waals surface area contributed by atoms with Crippen LogP contribution < -0.4 is 21.3 Å². The molecule has 4 N–H and O–H groups in total. The highest BCUT2D eigenvalue weighted by Gasteiger charge is 2.18. The molecule has 1 aromatic heterocycles. The third kappa shape index (κ3) is 2.94. The maximum atomic E-state index is 11.8. The normalized spacial score (nSPS) is 16.4. The zero-order valence-electron chi connectivity index (χ0n) is 10.7. The minimum Gasteiger partial charge on any atom is -0.397 e. The molecule has 0 aliphatic carbocycles. The SMILES string of the molecule is CCNC(=O)c1sc(N2CCCNCC2)cc1N. The van der Waals surface area contributed by atoms with Crippen LogP contribution in [0, 0.1) is 0 Å². The molecule has 0 aromatic carbocycles. The molecule has 1 amide bonds. The number of nitrogens with zero attached hydrogens (tertiary/aromatic N) is 1. The van der Waals surface area contributed by atoms with Gasteiger partial charge < -0.3 is 21.3 Å². The van der Waals surface area contributed by atoms with Gasteiger partial charge in [0.15, 0.2) is 0 Å². The van der Waals surface area contributed by atoms with Gasteiger partial charge in [0.1, 0.15) is 4.88 Å². The van der Waals surface area contributed by atoms with E-state index in [9.17, 15) is 4.79 Å². The number of rotatable bonds is 3. The first-order chi connectivity index (χ1) is 8.72. The lowest BCUT2D eigenvalue weighted by Crippen LogP contribution is -2.27. The summed E-state index contributed by atoms with van der Waals surface area (Å²) in [5, 5.41) is 7.25. The lowest BCUT2D eigenvalue weighted by atomic mass is 10.3. The van der Waals surface area contributed by atoms with E-state index in [1.807, 2.05) is 13.0 Å². The minimum atomic E-state index is -0.0702. The molecule has 1 aliphatic heterocycles. The Morgan fingerprint density at radius 1 is 1.56 bits per heavy atom. The maximum absolute atomic E-state index is 11.8. The van der Waals surface area contributed by atoms with Gasteiger partial charge in [0.2, 0.25) is 0 Å². The Morgan fingerprint density at radius 2 is 2.39 bits per heavy atom. The summed E-state index contributed by atoms with van der Waals surface area (Å²) in [4.78, 5) is 14.7. The summed E-state index contributed by atoms with van der Waals surface area (Å²) in [6, 6.07) is 1.92. The predicted octanol–water partition coefficient (Wildman–Crippen LogP) is 0.880. The van der Waals surface area contributed by atoms with E-state index >= 15 is 0 Å². The van der Waals surface area contributed by atoms with Crippen molar-refractivity contribution in [1.29, 1.82) is 0 Å². The molecular formula is C12H20N4OS. The minimum absolute atomic E-state index is 0.0702. The van der Waals surface area contributed by atoms with E-state index in [4.69, 9.17) is 5.73 Å². The van der Waals surface area contributed by atoms with Gasteiger partial charge in [-0.3, -0.25) is 4.79 Å². The maximum Gasteiger partial charge on any atom is 0.263 e. The fourth-order valence-corrected chi connectivity index (χ4v) is 3.08. The summed E-state index contributed by atoms with van der Waals surface area (Å²) in [6.07, 6.45) is 1.12. The molecule has 0 bridgehead atoms. The molecule has 2 heterocycles. The van der Waals surface area contributed by atoms with E-state index in [1.165, 1.54) is 11.3 Å². The van der Waals surface area contributed by atoms with Crippen LogP contribution in [0.5, 0.6) is 0 Å². The number of nitrogen functional groups attached to an aromatic ring is 1. The van der Waals surface area contributed by atoms with Gasteiger partial charge in [0.05, 0.1) is 10.7 Å². The van der Waals surface area contributed by atoms with E-state index in [2.05, 4.69) is 15.5 Å². The van der Waals surface area contributed by atoms with E-state index in [1.54, 1.807) is 0 Å². The zero-order valence-corrected chi connectivity index (χ0v) is 11.5. The fourth-order valence-electron chi connectivity index (χ4n) is 2.03. The number of nitrogens with two attached hydrogens (primary N) is 1. The third-order valence-electron chi connectivity index (χ3n) is 2.94. The molecule has 0 saturated carbocycles. The summed E-state index contributed by atoms with van der Waals surface area (Å²) >= 11 is 1.48. The fraction of sp³-hybridized carbons (Fsp3) is 0.583. The molecule has 0 atom stereocenters. The molecular weight excluding hydrogens is 248 g/mol. The van der Waals surface area contributed by atoms with E-state index in [0.717, 1.165) is 37.6 Å². The van der Waals surface area contributed by atoms with Crippen molar-refractivity contribution in [3.63, 3.8) is 0 Å². The van der Waals surface area contributed by atoms with Crippen molar-refractivity contribution >= 4 is 27.9 Å². The van der Waals surface area contributed by atoms with Crippen molar-refractivity contribution < 1.29 is 4.79 Å². The zero-order chi connectivity index (χ0) is 13.0. The van der Waals surface area contributed by atoms with Crippen LogP contribution >= 0.6 is 11.3 Å². The van der Waals surface area contributed by atoms with Crippen LogP contribution in [-0.2, 0) is 0 Å². The molecule has 5 nitrogen and oxygen atoms in total. The molecule has 1 saturated heterocycles. The number of carbonyl (C=O) groups is 1. The smallest absolute Gasteiger partial charge is 0.263 e. The largest absolute Gasteiger partial charge is 0.397 e. The van der Waals surface area contributed by atoms with Gasteiger partial charge in [-0.05, 0) is 26.0 Å².